The van der Waals surface area contributed by atoms with E-state index in [2.05, 4.69) is 10.6 Å². The van der Waals surface area contributed by atoms with Crippen molar-refractivity contribution in [2.24, 2.45) is 0 Å². The average Bonchev–Trinajstić information content (AvgIpc) is 3.24. The summed E-state index contributed by atoms with van der Waals surface area (Å²) >= 11 is 2.88. The molecule has 1 aliphatic carbocycles. The van der Waals surface area contributed by atoms with Crippen LogP contribution < -0.4 is 15.4 Å². The van der Waals surface area contributed by atoms with E-state index in [0.29, 0.717) is 22.0 Å². The summed E-state index contributed by atoms with van der Waals surface area (Å²) < 4.78 is 10.9. The van der Waals surface area contributed by atoms with Gasteiger partial charge < -0.3 is 20.1 Å². The van der Waals surface area contributed by atoms with Gasteiger partial charge in [0.2, 0.25) is 5.91 Å². The second-order valence-electron chi connectivity index (χ2n) is 9.27. The van der Waals surface area contributed by atoms with Crippen LogP contribution in [0.3, 0.4) is 0 Å². The zero-order chi connectivity index (χ0) is 27.6. The monoisotopic (exact) mass is 566 g/mol. The van der Waals surface area contributed by atoms with Crippen LogP contribution in [0.15, 0.2) is 59.5 Å². The lowest BCUT2D eigenvalue weighted by Gasteiger charge is -2.14. The van der Waals surface area contributed by atoms with Crippen LogP contribution in [0.1, 0.15) is 60.3 Å². The molecule has 0 aliphatic heterocycles. The third-order valence-corrected chi connectivity index (χ3v) is 8.60. The van der Waals surface area contributed by atoms with Gasteiger partial charge >= 0.3 is 5.97 Å². The topological polar surface area (TPSA) is 93.7 Å². The Morgan fingerprint density at radius 2 is 1.74 bits per heavy atom. The van der Waals surface area contributed by atoms with E-state index in [1.807, 2.05) is 43.3 Å². The van der Waals surface area contributed by atoms with Crippen molar-refractivity contribution >= 4 is 51.6 Å². The molecule has 0 saturated carbocycles. The zero-order valence-electron chi connectivity index (χ0n) is 22.3. The van der Waals surface area contributed by atoms with Crippen molar-refractivity contribution < 1.29 is 23.9 Å². The number of para-hydroxylation sites is 1. The average molecular weight is 567 g/mol. The Bertz CT molecular complexity index is 1290. The summed E-state index contributed by atoms with van der Waals surface area (Å²) in [6, 6.07) is 16.5. The predicted molar refractivity (Wildman–Crippen MR) is 157 cm³/mol. The highest BCUT2D eigenvalue weighted by Crippen LogP contribution is 2.38. The van der Waals surface area contributed by atoms with Crippen LogP contribution in [-0.2, 0) is 27.2 Å². The van der Waals surface area contributed by atoms with Gasteiger partial charge in [-0.05, 0) is 75.4 Å². The number of amides is 2. The molecule has 0 saturated heterocycles. The van der Waals surface area contributed by atoms with E-state index in [1.165, 1.54) is 34.4 Å². The van der Waals surface area contributed by atoms with E-state index in [4.69, 9.17) is 9.47 Å². The van der Waals surface area contributed by atoms with E-state index < -0.39 is 5.25 Å². The van der Waals surface area contributed by atoms with Gasteiger partial charge in [0.15, 0.2) is 6.61 Å². The summed E-state index contributed by atoms with van der Waals surface area (Å²) in [5.41, 5.74) is 2.18. The normalized spacial score (nSPS) is 13.8. The summed E-state index contributed by atoms with van der Waals surface area (Å²) in [4.78, 5) is 40.5. The molecule has 1 aliphatic rings. The van der Waals surface area contributed by atoms with Gasteiger partial charge in [0.05, 0.1) is 17.4 Å². The minimum Gasteiger partial charge on any atom is -0.484 e. The van der Waals surface area contributed by atoms with Gasteiger partial charge in [-0.3, -0.25) is 9.59 Å². The first-order valence-electron chi connectivity index (χ1n) is 13.3. The van der Waals surface area contributed by atoms with Crippen LogP contribution in [0.4, 0.5) is 10.7 Å². The maximum Gasteiger partial charge on any atom is 0.341 e. The number of carbonyl (C=O) groups excluding carboxylic acids is 3. The van der Waals surface area contributed by atoms with Crippen LogP contribution in [-0.4, -0.2) is 36.2 Å². The molecule has 206 valence electrons. The fraction of sp³-hybridized carbons (Fsp3) is 0.367. The Balaban J connectivity index is 1.39. The van der Waals surface area contributed by atoms with Gasteiger partial charge in [-0.15, -0.1) is 23.1 Å². The molecule has 1 unspecified atom stereocenters. The summed E-state index contributed by atoms with van der Waals surface area (Å²) in [5.74, 6) is -0.205. The molecule has 2 N–H and O–H groups in total. The standard InChI is InChI=1S/C30H34N2O5S2/c1-3-36-30(35)27-24-16-9-4-5-10-17-25(24)39-29(27)32-28(34)20(2)38-23-15-11-12-21(18-23)31-26(33)19-37-22-13-7-6-8-14-22/h6-8,11-15,18,20H,3-5,9-10,16-17,19H2,1-2H3,(H,31,33)(H,32,34). The van der Waals surface area contributed by atoms with Crippen molar-refractivity contribution in [2.75, 3.05) is 23.8 Å². The Labute approximate surface area is 237 Å². The first kappa shape index (κ1) is 28.7. The van der Waals surface area contributed by atoms with E-state index in [9.17, 15) is 14.4 Å². The zero-order valence-corrected chi connectivity index (χ0v) is 23.9. The molecule has 2 amide bonds. The Morgan fingerprint density at radius 3 is 2.51 bits per heavy atom. The number of esters is 1. The molecule has 0 fully saturated rings. The lowest BCUT2D eigenvalue weighted by molar-refractivity contribution is -0.118. The highest BCUT2D eigenvalue weighted by molar-refractivity contribution is 8.00. The van der Waals surface area contributed by atoms with Crippen molar-refractivity contribution in [2.45, 2.75) is 62.5 Å². The van der Waals surface area contributed by atoms with Gasteiger partial charge in [0.1, 0.15) is 10.8 Å². The summed E-state index contributed by atoms with van der Waals surface area (Å²) in [7, 11) is 0. The maximum absolute atomic E-state index is 13.2. The molecule has 1 aromatic heterocycles. The van der Waals surface area contributed by atoms with E-state index >= 15 is 0 Å². The molecule has 2 aromatic carbocycles. The number of carbonyl (C=O) groups is 3. The van der Waals surface area contributed by atoms with Gasteiger partial charge in [0.25, 0.3) is 5.91 Å². The summed E-state index contributed by atoms with van der Waals surface area (Å²) in [6.07, 6.45) is 6.19. The van der Waals surface area contributed by atoms with Gasteiger partial charge in [-0.1, -0.05) is 37.1 Å². The van der Waals surface area contributed by atoms with Crippen LogP contribution >= 0.6 is 23.1 Å². The number of hydrogen-bond donors (Lipinski definition) is 2. The third kappa shape index (κ3) is 8.10. The molecule has 9 heteroatoms. The van der Waals surface area contributed by atoms with Crippen molar-refractivity contribution in [1.82, 2.24) is 0 Å². The van der Waals surface area contributed by atoms with Crippen molar-refractivity contribution in [1.29, 1.82) is 0 Å². The molecule has 1 atom stereocenters. The van der Waals surface area contributed by atoms with Gasteiger partial charge in [-0.2, -0.15) is 0 Å². The molecule has 0 spiro atoms. The highest BCUT2D eigenvalue weighted by atomic mass is 32.2. The number of aryl methyl sites for hydroxylation is 1. The van der Waals surface area contributed by atoms with E-state index in [-0.39, 0.29) is 31.0 Å². The second kappa shape index (κ2) is 14.2. The third-order valence-electron chi connectivity index (χ3n) is 6.30. The van der Waals surface area contributed by atoms with Crippen molar-refractivity contribution in [3.63, 3.8) is 0 Å². The number of rotatable bonds is 10. The van der Waals surface area contributed by atoms with Gasteiger partial charge in [0, 0.05) is 15.5 Å². The number of ether oxygens (including phenoxy) is 2. The van der Waals surface area contributed by atoms with Crippen LogP contribution in [0.5, 0.6) is 5.75 Å². The minimum absolute atomic E-state index is 0.103. The Kier molecular flexibility index (Phi) is 10.4. The molecule has 1 heterocycles. The van der Waals surface area contributed by atoms with E-state index in [0.717, 1.165) is 42.6 Å². The van der Waals surface area contributed by atoms with Crippen molar-refractivity contribution in [3.05, 3.63) is 70.6 Å². The molecule has 3 aromatic rings. The number of fused-ring (bicyclic) bond motifs is 1. The predicted octanol–water partition coefficient (Wildman–Crippen LogP) is 6.72. The largest absolute Gasteiger partial charge is 0.484 e. The molecular formula is C30H34N2O5S2. The Morgan fingerprint density at radius 1 is 0.974 bits per heavy atom. The molecule has 4 rings (SSSR count). The number of nitrogens with one attached hydrogen (secondary N) is 2. The molecular weight excluding hydrogens is 532 g/mol. The van der Waals surface area contributed by atoms with Gasteiger partial charge in [-0.25, -0.2) is 4.79 Å². The fourth-order valence-electron chi connectivity index (χ4n) is 4.41. The quantitative estimate of drug-likeness (QED) is 0.209. The lowest BCUT2D eigenvalue weighted by Crippen LogP contribution is -2.23. The number of thiophene rings is 1. The number of thioether (sulfide) groups is 1. The van der Waals surface area contributed by atoms with Crippen LogP contribution in [0, 0.1) is 0 Å². The minimum atomic E-state index is -0.433. The number of hydrogen-bond acceptors (Lipinski definition) is 7. The van der Waals surface area contributed by atoms with E-state index in [1.54, 1.807) is 25.1 Å². The molecule has 0 bridgehead atoms. The smallest absolute Gasteiger partial charge is 0.341 e. The first-order chi connectivity index (χ1) is 18.9. The second-order valence-corrected chi connectivity index (χ2v) is 11.8. The van der Waals surface area contributed by atoms with Crippen molar-refractivity contribution in [3.8, 4) is 5.75 Å². The van der Waals surface area contributed by atoms with Crippen LogP contribution in [0.2, 0.25) is 0 Å². The highest BCUT2D eigenvalue weighted by Gasteiger charge is 2.27. The molecule has 0 radical (unpaired) electrons. The maximum atomic E-state index is 13.2. The molecule has 7 nitrogen and oxygen atoms in total. The fourth-order valence-corrected chi connectivity index (χ4v) is 6.61. The summed E-state index contributed by atoms with van der Waals surface area (Å²) in [6.45, 7) is 3.80. The number of benzene rings is 2. The lowest BCUT2D eigenvalue weighted by atomic mass is 9.96. The summed E-state index contributed by atoms with van der Waals surface area (Å²) in [5, 5.41) is 6.00. The van der Waals surface area contributed by atoms with Crippen LogP contribution in [0.25, 0.3) is 0 Å². The Hall–Kier alpha value is -3.30. The first-order valence-corrected chi connectivity index (χ1v) is 15.0. The molecule has 39 heavy (non-hydrogen) atoms. The SMILES string of the molecule is CCOC(=O)c1c(NC(=O)C(C)Sc2cccc(NC(=O)COc3ccccc3)c2)sc2c1CCCCCC2. The number of anilines is 2.